The van der Waals surface area contributed by atoms with Crippen LogP contribution in [-0.2, 0) is 9.53 Å². The van der Waals surface area contributed by atoms with Crippen molar-refractivity contribution in [1.29, 1.82) is 0 Å². The van der Waals surface area contributed by atoms with Crippen molar-refractivity contribution in [2.45, 2.75) is 18.9 Å². The van der Waals surface area contributed by atoms with Crippen molar-refractivity contribution < 1.29 is 13.9 Å². The number of nitrogens with two attached hydrogens (primary N) is 1. The molecule has 0 bridgehead atoms. The first kappa shape index (κ1) is 13.9. The van der Waals surface area contributed by atoms with Crippen LogP contribution in [0.3, 0.4) is 0 Å². The predicted octanol–water partition coefficient (Wildman–Crippen LogP) is 2.04. The minimum Gasteiger partial charge on any atom is -0.396 e. The molecule has 2 aromatic rings. The van der Waals surface area contributed by atoms with E-state index in [4.69, 9.17) is 10.5 Å². The number of ether oxygens (including phenoxy) is 1. The first-order valence-corrected chi connectivity index (χ1v) is 7.26. The molecule has 8 heteroatoms. The van der Waals surface area contributed by atoms with Gasteiger partial charge in [-0.3, -0.25) is 10.1 Å². The predicted molar refractivity (Wildman–Crippen MR) is 77.3 cm³/mol. The summed E-state index contributed by atoms with van der Waals surface area (Å²) >= 11 is 1.20. The molecule has 1 fully saturated rings. The van der Waals surface area contributed by atoms with Crippen LogP contribution in [0.4, 0.5) is 15.2 Å². The number of aromatic nitrogens is 2. The van der Waals surface area contributed by atoms with Crippen molar-refractivity contribution in [3.8, 4) is 10.6 Å². The van der Waals surface area contributed by atoms with Gasteiger partial charge in [-0.1, -0.05) is 11.3 Å². The minimum atomic E-state index is -0.477. The molecule has 1 amide bonds. The fourth-order valence-corrected chi connectivity index (χ4v) is 2.78. The van der Waals surface area contributed by atoms with Crippen LogP contribution >= 0.6 is 11.3 Å². The lowest BCUT2D eigenvalue weighted by Gasteiger charge is -2.07. The van der Waals surface area contributed by atoms with Gasteiger partial charge in [-0.2, -0.15) is 0 Å². The Balaban J connectivity index is 1.73. The summed E-state index contributed by atoms with van der Waals surface area (Å²) in [7, 11) is 0. The zero-order chi connectivity index (χ0) is 14.8. The molecular weight excluding hydrogens is 295 g/mol. The highest BCUT2D eigenvalue weighted by molar-refractivity contribution is 7.18. The summed E-state index contributed by atoms with van der Waals surface area (Å²) in [6.07, 6.45) is 1.18. The number of anilines is 2. The summed E-state index contributed by atoms with van der Waals surface area (Å²) in [5, 5.41) is 11.5. The van der Waals surface area contributed by atoms with Gasteiger partial charge in [-0.25, -0.2) is 4.39 Å². The molecule has 1 unspecified atom stereocenters. The number of nitrogens with one attached hydrogen (secondary N) is 1. The fraction of sp³-hybridized carbons (Fsp3) is 0.308. The Kier molecular flexibility index (Phi) is 3.80. The molecule has 0 spiro atoms. The maximum absolute atomic E-state index is 13.1. The number of rotatable bonds is 3. The Labute approximate surface area is 124 Å². The van der Waals surface area contributed by atoms with Crippen LogP contribution < -0.4 is 11.1 Å². The quantitative estimate of drug-likeness (QED) is 0.847. The molecule has 1 aliphatic rings. The molecule has 0 radical (unpaired) electrons. The lowest BCUT2D eigenvalue weighted by Crippen LogP contribution is -2.26. The fourth-order valence-electron chi connectivity index (χ4n) is 2.04. The van der Waals surface area contributed by atoms with Crippen LogP contribution in [-0.4, -0.2) is 28.8 Å². The Morgan fingerprint density at radius 2 is 2.33 bits per heavy atom. The lowest BCUT2D eigenvalue weighted by atomic mass is 10.2. The minimum absolute atomic E-state index is 0.0487. The van der Waals surface area contributed by atoms with Crippen molar-refractivity contribution in [1.82, 2.24) is 10.2 Å². The Morgan fingerprint density at radius 3 is 3.05 bits per heavy atom. The van der Waals surface area contributed by atoms with Crippen LogP contribution in [0.25, 0.3) is 10.6 Å². The van der Waals surface area contributed by atoms with E-state index in [9.17, 15) is 9.18 Å². The van der Waals surface area contributed by atoms with E-state index in [1.54, 1.807) is 6.07 Å². The van der Waals surface area contributed by atoms with E-state index in [-0.39, 0.29) is 11.6 Å². The van der Waals surface area contributed by atoms with Crippen LogP contribution in [0.1, 0.15) is 12.8 Å². The van der Waals surface area contributed by atoms with Gasteiger partial charge in [-0.05, 0) is 31.0 Å². The molecule has 2 heterocycles. The lowest BCUT2D eigenvalue weighted by molar-refractivity contribution is -0.124. The summed E-state index contributed by atoms with van der Waals surface area (Å²) < 4.78 is 18.4. The Hall–Kier alpha value is -2.06. The number of nitrogen functional groups attached to an aromatic ring is 1. The topological polar surface area (TPSA) is 90.1 Å². The first-order valence-electron chi connectivity index (χ1n) is 6.45. The number of carbonyl (C=O) groups is 1. The zero-order valence-electron chi connectivity index (χ0n) is 11.0. The van der Waals surface area contributed by atoms with Crippen molar-refractivity contribution in [3.63, 3.8) is 0 Å². The number of hydrogen-bond donors (Lipinski definition) is 2. The number of hydrogen-bond acceptors (Lipinski definition) is 6. The summed E-state index contributed by atoms with van der Waals surface area (Å²) in [5.41, 5.74) is 6.23. The van der Waals surface area contributed by atoms with Gasteiger partial charge >= 0.3 is 0 Å². The Morgan fingerprint density at radius 1 is 1.48 bits per heavy atom. The van der Waals surface area contributed by atoms with Crippen LogP contribution in [0.5, 0.6) is 0 Å². The van der Waals surface area contributed by atoms with Gasteiger partial charge in [0.25, 0.3) is 5.91 Å². The standard InChI is InChI=1S/C13H13FN4O2S/c14-8-4-3-7(6-9(8)15)12-17-18-13(21-12)16-11(19)10-2-1-5-20-10/h3-4,6,10H,1-2,5,15H2,(H,16,18,19). The van der Waals surface area contributed by atoms with Gasteiger partial charge in [0.15, 0.2) is 0 Å². The van der Waals surface area contributed by atoms with Gasteiger partial charge in [0.1, 0.15) is 16.9 Å². The largest absolute Gasteiger partial charge is 0.396 e. The SMILES string of the molecule is Nc1cc(-c2nnc(NC(=O)C3CCCO3)s2)ccc1F. The van der Waals surface area contributed by atoms with E-state index in [0.717, 1.165) is 6.42 Å². The van der Waals surface area contributed by atoms with Crippen LogP contribution in [0.15, 0.2) is 18.2 Å². The molecule has 1 aromatic heterocycles. The molecule has 1 saturated heterocycles. The van der Waals surface area contributed by atoms with Gasteiger partial charge in [0, 0.05) is 12.2 Å². The van der Waals surface area contributed by atoms with E-state index in [1.807, 2.05) is 0 Å². The number of amides is 1. The van der Waals surface area contributed by atoms with Gasteiger partial charge in [-0.15, -0.1) is 10.2 Å². The maximum Gasteiger partial charge on any atom is 0.255 e. The molecule has 1 atom stereocenters. The third-order valence-electron chi connectivity index (χ3n) is 3.12. The highest BCUT2D eigenvalue weighted by atomic mass is 32.1. The molecule has 110 valence electrons. The highest BCUT2D eigenvalue weighted by Crippen LogP contribution is 2.28. The van der Waals surface area contributed by atoms with Crippen molar-refractivity contribution >= 4 is 28.1 Å². The third kappa shape index (κ3) is 3.01. The van der Waals surface area contributed by atoms with Crippen LogP contribution in [0.2, 0.25) is 0 Å². The molecule has 1 aromatic carbocycles. The van der Waals surface area contributed by atoms with E-state index < -0.39 is 11.9 Å². The van der Waals surface area contributed by atoms with Gasteiger partial charge in [0.05, 0.1) is 5.69 Å². The zero-order valence-corrected chi connectivity index (χ0v) is 11.8. The average molecular weight is 308 g/mol. The molecule has 21 heavy (non-hydrogen) atoms. The van der Waals surface area contributed by atoms with Crippen molar-refractivity contribution in [3.05, 3.63) is 24.0 Å². The summed E-state index contributed by atoms with van der Waals surface area (Å²) in [5.74, 6) is -0.691. The smallest absolute Gasteiger partial charge is 0.255 e. The van der Waals surface area contributed by atoms with Crippen molar-refractivity contribution in [2.24, 2.45) is 0 Å². The average Bonchev–Trinajstić information content (AvgIpc) is 3.12. The normalized spacial score (nSPS) is 17.9. The molecule has 0 saturated carbocycles. The van der Waals surface area contributed by atoms with Gasteiger partial charge < -0.3 is 10.5 Å². The maximum atomic E-state index is 13.1. The number of carbonyl (C=O) groups excluding carboxylic acids is 1. The third-order valence-corrected chi connectivity index (χ3v) is 4.01. The molecule has 3 N–H and O–H groups in total. The second kappa shape index (κ2) is 5.74. The van der Waals surface area contributed by atoms with E-state index in [0.29, 0.717) is 28.7 Å². The van der Waals surface area contributed by atoms with E-state index in [1.165, 1.54) is 23.5 Å². The van der Waals surface area contributed by atoms with E-state index >= 15 is 0 Å². The second-order valence-corrected chi connectivity index (χ2v) is 5.62. The summed E-state index contributed by atoms with van der Waals surface area (Å²) in [6.45, 7) is 0.605. The Bertz CT molecular complexity index is 670. The van der Waals surface area contributed by atoms with Crippen LogP contribution in [0, 0.1) is 5.82 Å². The van der Waals surface area contributed by atoms with Crippen molar-refractivity contribution in [2.75, 3.05) is 17.7 Å². The molecule has 3 rings (SSSR count). The van der Waals surface area contributed by atoms with Gasteiger partial charge in [0.2, 0.25) is 5.13 Å². The molecular formula is C13H13FN4O2S. The second-order valence-electron chi connectivity index (χ2n) is 4.64. The highest BCUT2D eigenvalue weighted by Gasteiger charge is 2.24. The number of nitrogens with zero attached hydrogens (tertiary/aromatic N) is 2. The number of halogens is 1. The van der Waals surface area contributed by atoms with E-state index in [2.05, 4.69) is 15.5 Å². The monoisotopic (exact) mass is 308 g/mol. The number of benzene rings is 1. The summed E-state index contributed by atoms with van der Waals surface area (Å²) in [4.78, 5) is 11.9. The molecule has 6 nitrogen and oxygen atoms in total. The molecule has 1 aliphatic heterocycles. The first-order chi connectivity index (χ1) is 10.1. The summed E-state index contributed by atoms with van der Waals surface area (Å²) in [6, 6.07) is 4.33. The molecule has 0 aliphatic carbocycles.